The maximum absolute atomic E-state index is 12.8. The minimum atomic E-state index is -0.936. The van der Waals surface area contributed by atoms with Crippen molar-refractivity contribution in [1.82, 2.24) is 15.3 Å². The Labute approximate surface area is 207 Å². The number of carboxylic acid groups (broad SMARTS) is 1. The summed E-state index contributed by atoms with van der Waals surface area (Å²) in [6.07, 6.45) is 2.07. The molecule has 2 aromatic carbocycles. The van der Waals surface area contributed by atoms with Crippen LogP contribution in [0.1, 0.15) is 43.6 Å². The number of para-hydroxylation sites is 2. The van der Waals surface area contributed by atoms with Crippen molar-refractivity contribution in [2.45, 2.75) is 38.0 Å². The lowest BCUT2D eigenvalue weighted by atomic mass is 9.91. The first-order valence-corrected chi connectivity index (χ1v) is 12.1. The Balaban J connectivity index is 1.27. The number of imidazole rings is 1. The topological polar surface area (TPSA) is 127 Å². The van der Waals surface area contributed by atoms with Crippen molar-refractivity contribution < 1.29 is 19.5 Å². The van der Waals surface area contributed by atoms with Crippen LogP contribution in [0.4, 0.5) is 11.6 Å². The highest BCUT2D eigenvalue weighted by Gasteiger charge is 2.30. The van der Waals surface area contributed by atoms with Crippen LogP contribution in [0, 0.1) is 0 Å². The van der Waals surface area contributed by atoms with Gasteiger partial charge in [0.25, 0.3) is 0 Å². The van der Waals surface area contributed by atoms with Gasteiger partial charge >= 0.3 is 5.97 Å². The Bertz CT molecular complexity index is 1190. The van der Waals surface area contributed by atoms with Gasteiger partial charge in [0, 0.05) is 30.2 Å². The number of carbonyl (C=O) groups is 3. The van der Waals surface area contributed by atoms with Gasteiger partial charge in [-0.2, -0.15) is 0 Å². The number of fused-ring (bicyclic) bond motifs is 2. The fraction of sp³-hybridized carbons (Fsp3) is 0.360. The molecule has 35 heavy (non-hydrogen) atoms. The maximum Gasteiger partial charge on any atom is 0.303 e. The molecule has 0 saturated heterocycles. The van der Waals surface area contributed by atoms with E-state index in [1.165, 1.54) is 4.90 Å². The van der Waals surface area contributed by atoms with Crippen molar-refractivity contribution >= 4 is 52.1 Å². The van der Waals surface area contributed by atoms with Gasteiger partial charge in [0.2, 0.25) is 17.8 Å². The number of anilines is 2. The third-order valence-corrected chi connectivity index (χ3v) is 6.29. The van der Waals surface area contributed by atoms with Crippen LogP contribution in [-0.2, 0) is 14.4 Å². The minimum Gasteiger partial charge on any atom is -0.481 e. The van der Waals surface area contributed by atoms with Crippen molar-refractivity contribution in [3.63, 3.8) is 0 Å². The summed E-state index contributed by atoms with van der Waals surface area (Å²) in [6, 6.07) is 12.8. The summed E-state index contributed by atoms with van der Waals surface area (Å²) < 4.78 is 0. The van der Waals surface area contributed by atoms with Crippen LogP contribution in [0.25, 0.3) is 11.0 Å². The first-order valence-electron chi connectivity index (χ1n) is 11.7. The number of halogens is 1. The van der Waals surface area contributed by atoms with E-state index in [0.717, 1.165) is 29.8 Å². The number of aliphatic carboxylic acids is 1. The summed E-state index contributed by atoms with van der Waals surface area (Å²) in [5.41, 5.74) is 3.12. The summed E-state index contributed by atoms with van der Waals surface area (Å²) in [5, 5.41) is 15.9. The zero-order chi connectivity index (χ0) is 24.8. The third kappa shape index (κ3) is 6.30. The number of rotatable bonds is 10. The van der Waals surface area contributed by atoms with Crippen LogP contribution in [0.3, 0.4) is 0 Å². The van der Waals surface area contributed by atoms with Gasteiger partial charge in [-0.05, 0) is 61.1 Å². The average molecular weight is 498 g/mol. The predicted molar refractivity (Wildman–Crippen MR) is 135 cm³/mol. The van der Waals surface area contributed by atoms with Crippen LogP contribution in [0.2, 0.25) is 5.02 Å². The summed E-state index contributed by atoms with van der Waals surface area (Å²) >= 11 is 6.15. The molecule has 1 unspecified atom stereocenters. The molecule has 1 atom stereocenters. The Hall–Kier alpha value is -3.59. The summed E-state index contributed by atoms with van der Waals surface area (Å²) in [7, 11) is 0. The van der Waals surface area contributed by atoms with Gasteiger partial charge in [0.1, 0.15) is 6.54 Å². The minimum absolute atomic E-state index is 0.0945. The zero-order valence-electron chi connectivity index (χ0n) is 19.2. The first-order chi connectivity index (χ1) is 16.9. The van der Waals surface area contributed by atoms with E-state index in [1.54, 1.807) is 18.2 Å². The normalized spacial score (nSPS) is 15.5. The lowest BCUT2D eigenvalue weighted by Crippen LogP contribution is -2.41. The number of aromatic nitrogens is 2. The van der Waals surface area contributed by atoms with Crippen molar-refractivity contribution in [3.8, 4) is 0 Å². The molecule has 0 radical (unpaired) electrons. The lowest BCUT2D eigenvalue weighted by molar-refractivity contribution is -0.137. The molecule has 0 aliphatic carbocycles. The molecule has 0 fully saturated rings. The number of benzene rings is 2. The van der Waals surface area contributed by atoms with Gasteiger partial charge in [-0.15, -0.1) is 0 Å². The Morgan fingerprint density at radius 3 is 2.77 bits per heavy atom. The lowest BCUT2D eigenvalue weighted by Gasteiger charge is -2.24. The van der Waals surface area contributed by atoms with E-state index in [0.29, 0.717) is 35.8 Å². The van der Waals surface area contributed by atoms with Crippen molar-refractivity contribution in [1.29, 1.82) is 0 Å². The standard InChI is InChI=1S/C25H28ClN5O4/c26-17-8-9-21-18(14-17)16(13-24(34)35)7-10-23(33)31(21)15-22(32)27-11-3-4-12-28-25-29-19-5-1-2-6-20(19)30-25/h1-2,5-6,8-9,14,16H,3-4,7,10-13,15H2,(H,27,32)(H,34,35)(H2,28,29,30). The number of nitrogens with one attached hydrogen (secondary N) is 3. The number of hydrogen-bond acceptors (Lipinski definition) is 5. The van der Waals surface area contributed by atoms with Gasteiger partial charge in [-0.3, -0.25) is 14.4 Å². The van der Waals surface area contributed by atoms with E-state index in [-0.39, 0.29) is 37.1 Å². The second-order valence-corrected chi connectivity index (χ2v) is 9.04. The first kappa shape index (κ1) is 24.5. The maximum atomic E-state index is 12.8. The number of amides is 2. The number of H-pyrrole nitrogens is 1. The quantitative estimate of drug-likeness (QED) is 0.314. The van der Waals surface area contributed by atoms with Gasteiger partial charge in [0.05, 0.1) is 17.5 Å². The second kappa shape index (κ2) is 11.2. The van der Waals surface area contributed by atoms with E-state index in [4.69, 9.17) is 11.6 Å². The Morgan fingerprint density at radius 2 is 1.97 bits per heavy atom. The van der Waals surface area contributed by atoms with E-state index in [2.05, 4.69) is 20.6 Å². The molecule has 0 bridgehead atoms. The predicted octanol–water partition coefficient (Wildman–Crippen LogP) is 3.91. The second-order valence-electron chi connectivity index (χ2n) is 8.60. The Morgan fingerprint density at radius 1 is 1.17 bits per heavy atom. The van der Waals surface area contributed by atoms with E-state index in [9.17, 15) is 19.5 Å². The third-order valence-electron chi connectivity index (χ3n) is 6.06. The molecule has 3 aromatic rings. The van der Waals surface area contributed by atoms with Crippen LogP contribution in [0.5, 0.6) is 0 Å². The van der Waals surface area contributed by atoms with E-state index >= 15 is 0 Å². The van der Waals surface area contributed by atoms with Crippen molar-refractivity contribution in [2.24, 2.45) is 0 Å². The van der Waals surface area contributed by atoms with E-state index in [1.807, 2.05) is 24.3 Å². The van der Waals surface area contributed by atoms with E-state index < -0.39 is 5.97 Å². The van der Waals surface area contributed by atoms with Crippen LogP contribution in [-0.4, -0.2) is 52.5 Å². The highest BCUT2D eigenvalue weighted by molar-refractivity contribution is 6.30. The Kier molecular flexibility index (Phi) is 7.87. The molecule has 10 heteroatoms. The molecule has 2 amide bonds. The number of nitrogens with zero attached hydrogens (tertiary/aromatic N) is 2. The molecular formula is C25H28ClN5O4. The fourth-order valence-electron chi connectivity index (χ4n) is 4.34. The average Bonchev–Trinajstić information content (AvgIpc) is 3.20. The molecule has 0 saturated carbocycles. The van der Waals surface area contributed by atoms with Crippen LogP contribution in [0.15, 0.2) is 42.5 Å². The SMILES string of the molecule is O=C(O)CC1CCC(=O)N(CC(=O)NCCCCNc2nc3ccccc3[nH]2)c2ccc(Cl)cc21. The monoisotopic (exact) mass is 497 g/mol. The van der Waals surface area contributed by atoms with Crippen LogP contribution < -0.4 is 15.5 Å². The number of carbonyl (C=O) groups excluding carboxylic acids is 2. The number of unbranched alkanes of at least 4 members (excludes halogenated alkanes) is 1. The summed E-state index contributed by atoms with van der Waals surface area (Å²) in [4.78, 5) is 45.8. The molecule has 9 nitrogen and oxygen atoms in total. The summed E-state index contributed by atoms with van der Waals surface area (Å²) in [5.74, 6) is -1.02. The molecule has 1 aliphatic rings. The highest BCUT2D eigenvalue weighted by Crippen LogP contribution is 2.38. The molecule has 1 aromatic heterocycles. The van der Waals surface area contributed by atoms with Crippen molar-refractivity contribution in [3.05, 3.63) is 53.1 Å². The van der Waals surface area contributed by atoms with Crippen LogP contribution >= 0.6 is 11.6 Å². The molecular weight excluding hydrogens is 470 g/mol. The molecule has 2 heterocycles. The zero-order valence-corrected chi connectivity index (χ0v) is 20.0. The number of carboxylic acids is 1. The smallest absolute Gasteiger partial charge is 0.303 e. The van der Waals surface area contributed by atoms with Gasteiger partial charge in [-0.1, -0.05) is 23.7 Å². The fourth-order valence-corrected chi connectivity index (χ4v) is 4.52. The van der Waals surface area contributed by atoms with Gasteiger partial charge < -0.3 is 25.6 Å². The molecule has 0 spiro atoms. The molecule has 184 valence electrons. The summed E-state index contributed by atoms with van der Waals surface area (Å²) in [6.45, 7) is 1.07. The number of hydrogen-bond donors (Lipinski definition) is 4. The van der Waals surface area contributed by atoms with Gasteiger partial charge in [0.15, 0.2) is 0 Å². The largest absolute Gasteiger partial charge is 0.481 e. The molecule has 4 rings (SSSR count). The van der Waals surface area contributed by atoms with Crippen molar-refractivity contribution in [2.75, 3.05) is 29.9 Å². The highest BCUT2D eigenvalue weighted by atomic mass is 35.5. The van der Waals surface area contributed by atoms with Gasteiger partial charge in [-0.25, -0.2) is 4.98 Å². The molecule has 1 aliphatic heterocycles. The molecule has 4 N–H and O–H groups in total. The number of aromatic amines is 1.